The fraction of sp³-hybridized carbons (Fsp3) is 0. The quantitative estimate of drug-likeness (QED) is 0.676. The summed E-state index contributed by atoms with van der Waals surface area (Å²) in [5, 5.41) is 0. The van der Waals surface area contributed by atoms with Gasteiger partial charge in [-0.15, -0.1) is 0 Å². The van der Waals surface area contributed by atoms with Gasteiger partial charge in [0.1, 0.15) is 0 Å². The van der Waals surface area contributed by atoms with E-state index < -0.39 is 5.76 Å². The van der Waals surface area contributed by atoms with Crippen molar-refractivity contribution in [2.24, 2.45) is 0 Å². The summed E-state index contributed by atoms with van der Waals surface area (Å²) in [6, 6.07) is 3.32. The minimum Gasteiger partial charge on any atom is -0.408 e. The lowest BCUT2D eigenvalue weighted by Gasteiger charge is -1.95. The van der Waals surface area contributed by atoms with E-state index in [1.807, 2.05) is 0 Å². The van der Waals surface area contributed by atoms with Gasteiger partial charge >= 0.3 is 5.76 Å². The number of aromatic amines is 1. The third-order valence-electron chi connectivity index (χ3n) is 2.27. The van der Waals surface area contributed by atoms with E-state index in [2.05, 4.69) is 4.98 Å². The van der Waals surface area contributed by atoms with Crippen molar-refractivity contribution in [3.8, 4) is 0 Å². The Morgan fingerprint density at radius 1 is 1.14 bits per heavy atom. The van der Waals surface area contributed by atoms with E-state index in [0.717, 1.165) is 5.56 Å². The van der Waals surface area contributed by atoms with Crippen molar-refractivity contribution < 1.29 is 9.21 Å². The number of allylic oxidation sites excluding steroid dienone is 1. The van der Waals surface area contributed by atoms with Crippen LogP contribution in [-0.2, 0) is 0 Å². The maximum atomic E-state index is 11.3. The second-order valence-corrected chi connectivity index (χ2v) is 3.15. The van der Waals surface area contributed by atoms with Crippen LogP contribution in [0, 0.1) is 0 Å². The molecule has 0 bridgehead atoms. The number of nitrogens with one attached hydrogen (secondary N) is 1. The van der Waals surface area contributed by atoms with Crippen molar-refractivity contribution in [3.05, 3.63) is 39.9 Å². The molecular weight excluding hydrogens is 182 g/mol. The van der Waals surface area contributed by atoms with Gasteiger partial charge in [-0.2, -0.15) is 0 Å². The van der Waals surface area contributed by atoms with Gasteiger partial charge in [-0.3, -0.25) is 9.78 Å². The first kappa shape index (κ1) is 7.32. The number of hydrogen-bond acceptors (Lipinski definition) is 3. The molecule has 14 heavy (non-hydrogen) atoms. The monoisotopic (exact) mass is 187 g/mol. The standard InChI is InChI=1S/C10H5NO3/c12-8-2-1-5-3-9-7(4-6(5)8)11-10(13)14-9/h1-4H,(H,11,13). The third kappa shape index (κ3) is 0.821. The lowest BCUT2D eigenvalue weighted by atomic mass is 10.1. The van der Waals surface area contributed by atoms with Crippen LogP contribution in [-0.4, -0.2) is 10.8 Å². The van der Waals surface area contributed by atoms with Gasteiger partial charge in [0.05, 0.1) is 5.52 Å². The number of aromatic nitrogens is 1. The maximum absolute atomic E-state index is 11.3. The molecule has 1 heterocycles. The van der Waals surface area contributed by atoms with Gasteiger partial charge in [-0.25, -0.2) is 4.79 Å². The van der Waals surface area contributed by atoms with Crippen LogP contribution in [0.15, 0.2) is 27.4 Å². The fourth-order valence-electron chi connectivity index (χ4n) is 1.62. The van der Waals surface area contributed by atoms with E-state index in [4.69, 9.17) is 4.42 Å². The molecule has 0 fully saturated rings. The Hall–Kier alpha value is -2.10. The van der Waals surface area contributed by atoms with Gasteiger partial charge in [-0.1, -0.05) is 6.08 Å². The van der Waals surface area contributed by atoms with Crippen molar-refractivity contribution >= 4 is 23.0 Å². The van der Waals surface area contributed by atoms with E-state index in [1.165, 1.54) is 6.08 Å². The van der Waals surface area contributed by atoms with Crippen LogP contribution in [0.3, 0.4) is 0 Å². The average molecular weight is 187 g/mol. The molecule has 0 amide bonds. The van der Waals surface area contributed by atoms with Gasteiger partial charge in [0.2, 0.25) is 0 Å². The van der Waals surface area contributed by atoms with Gasteiger partial charge in [0, 0.05) is 5.56 Å². The molecule has 2 aromatic rings. The second-order valence-electron chi connectivity index (χ2n) is 3.15. The highest BCUT2D eigenvalue weighted by Crippen LogP contribution is 2.24. The average Bonchev–Trinajstić information content (AvgIpc) is 2.66. The molecule has 0 unspecified atom stereocenters. The number of carbonyl (C=O) groups is 1. The number of hydrogen-bond donors (Lipinski definition) is 1. The first-order valence-electron chi connectivity index (χ1n) is 4.13. The molecule has 0 spiro atoms. The first-order chi connectivity index (χ1) is 6.74. The van der Waals surface area contributed by atoms with E-state index in [0.29, 0.717) is 16.7 Å². The number of carbonyl (C=O) groups excluding carboxylic acids is 1. The summed E-state index contributed by atoms with van der Waals surface area (Å²) < 4.78 is 4.87. The number of oxazole rings is 1. The Labute approximate surface area is 77.8 Å². The zero-order chi connectivity index (χ0) is 9.71. The van der Waals surface area contributed by atoms with Crippen LogP contribution in [0.2, 0.25) is 0 Å². The lowest BCUT2D eigenvalue weighted by Crippen LogP contribution is -1.94. The zero-order valence-electron chi connectivity index (χ0n) is 7.03. The van der Waals surface area contributed by atoms with Crippen LogP contribution >= 0.6 is 0 Å². The molecular formula is C10H5NO3. The van der Waals surface area contributed by atoms with Crippen LogP contribution in [0.4, 0.5) is 0 Å². The highest BCUT2D eigenvalue weighted by molar-refractivity contribution is 6.15. The number of rotatable bonds is 0. The van der Waals surface area contributed by atoms with Crippen molar-refractivity contribution in [1.29, 1.82) is 0 Å². The Balaban J connectivity index is 2.46. The van der Waals surface area contributed by atoms with Gasteiger partial charge in [0.25, 0.3) is 0 Å². The molecule has 4 heteroatoms. The molecule has 4 nitrogen and oxygen atoms in total. The largest absolute Gasteiger partial charge is 0.417 e. The second kappa shape index (κ2) is 2.23. The number of benzene rings is 1. The van der Waals surface area contributed by atoms with Gasteiger partial charge in [-0.05, 0) is 23.8 Å². The predicted octanol–water partition coefficient (Wildman–Crippen LogP) is 1.33. The maximum Gasteiger partial charge on any atom is 0.417 e. The molecule has 0 atom stereocenters. The van der Waals surface area contributed by atoms with Crippen LogP contribution < -0.4 is 5.76 Å². The molecule has 1 aromatic heterocycles. The van der Waals surface area contributed by atoms with Crippen molar-refractivity contribution in [1.82, 2.24) is 4.98 Å². The van der Waals surface area contributed by atoms with Crippen molar-refractivity contribution in [2.45, 2.75) is 0 Å². The third-order valence-corrected chi connectivity index (χ3v) is 2.27. The summed E-state index contributed by atoms with van der Waals surface area (Å²) in [5.74, 6) is -0.538. The lowest BCUT2D eigenvalue weighted by molar-refractivity contribution is 0.105. The molecule has 1 aliphatic carbocycles. The van der Waals surface area contributed by atoms with E-state index in [9.17, 15) is 9.59 Å². The molecule has 0 aliphatic heterocycles. The number of fused-ring (bicyclic) bond motifs is 2. The minimum absolute atomic E-state index is 0.0380. The molecule has 3 rings (SSSR count). The van der Waals surface area contributed by atoms with Crippen LogP contribution in [0.5, 0.6) is 0 Å². The summed E-state index contributed by atoms with van der Waals surface area (Å²) in [7, 11) is 0. The van der Waals surface area contributed by atoms with E-state index in [1.54, 1.807) is 18.2 Å². The smallest absolute Gasteiger partial charge is 0.408 e. The molecule has 0 saturated heterocycles. The van der Waals surface area contributed by atoms with Crippen molar-refractivity contribution in [3.63, 3.8) is 0 Å². The highest BCUT2D eigenvalue weighted by atomic mass is 16.4. The predicted molar refractivity (Wildman–Crippen MR) is 50.2 cm³/mol. The first-order valence-corrected chi connectivity index (χ1v) is 4.13. The molecule has 0 radical (unpaired) electrons. The van der Waals surface area contributed by atoms with Crippen LogP contribution in [0.1, 0.15) is 15.9 Å². The molecule has 0 saturated carbocycles. The van der Waals surface area contributed by atoms with Gasteiger partial charge < -0.3 is 4.42 Å². The van der Waals surface area contributed by atoms with E-state index in [-0.39, 0.29) is 5.78 Å². The molecule has 1 aliphatic rings. The Morgan fingerprint density at radius 2 is 2.00 bits per heavy atom. The fourth-order valence-corrected chi connectivity index (χ4v) is 1.62. The summed E-state index contributed by atoms with van der Waals surface area (Å²) >= 11 is 0. The van der Waals surface area contributed by atoms with Crippen LogP contribution in [0.25, 0.3) is 17.2 Å². The SMILES string of the molecule is O=C1C=Cc2cc3oc(=O)[nH]c3cc21. The Kier molecular flexibility index (Phi) is 1.16. The summed E-state index contributed by atoms with van der Waals surface area (Å²) in [6.07, 6.45) is 3.21. The number of H-pyrrole nitrogens is 1. The van der Waals surface area contributed by atoms with E-state index >= 15 is 0 Å². The molecule has 1 aromatic carbocycles. The molecule has 68 valence electrons. The minimum atomic E-state index is -0.500. The zero-order valence-corrected chi connectivity index (χ0v) is 7.03. The summed E-state index contributed by atoms with van der Waals surface area (Å²) in [6.45, 7) is 0. The molecule has 1 N–H and O–H groups in total. The van der Waals surface area contributed by atoms with Crippen molar-refractivity contribution in [2.75, 3.05) is 0 Å². The normalized spacial score (nSPS) is 13.9. The summed E-state index contributed by atoms with van der Waals surface area (Å²) in [4.78, 5) is 24.7. The topological polar surface area (TPSA) is 63.1 Å². The Bertz CT molecular complexity index is 630. The van der Waals surface area contributed by atoms with Gasteiger partial charge in [0.15, 0.2) is 11.4 Å². The Morgan fingerprint density at radius 3 is 2.86 bits per heavy atom. The highest BCUT2D eigenvalue weighted by Gasteiger charge is 2.15. The summed E-state index contributed by atoms with van der Waals surface area (Å²) in [5.41, 5.74) is 2.44. The number of ketones is 1.